The number of pyridine rings is 1. The van der Waals surface area contributed by atoms with Gasteiger partial charge in [0.05, 0.1) is 5.69 Å². The molecular formula is C16H24N4. The minimum atomic E-state index is 0.294. The molecular weight excluding hydrogens is 248 g/mol. The Bertz CT molecular complexity index is 586. The van der Waals surface area contributed by atoms with E-state index in [9.17, 15) is 0 Å². The average Bonchev–Trinajstić information content (AvgIpc) is 2.72. The van der Waals surface area contributed by atoms with Gasteiger partial charge in [0.15, 0.2) is 0 Å². The molecule has 4 nitrogen and oxygen atoms in total. The lowest BCUT2D eigenvalue weighted by atomic mass is 10.1. The van der Waals surface area contributed by atoms with Crippen molar-refractivity contribution in [1.82, 2.24) is 20.1 Å². The second-order valence-electron chi connectivity index (χ2n) is 5.31. The Morgan fingerprint density at radius 3 is 2.65 bits per heavy atom. The van der Waals surface area contributed by atoms with Crippen LogP contribution in [-0.4, -0.2) is 14.8 Å². The second-order valence-corrected chi connectivity index (χ2v) is 5.31. The van der Waals surface area contributed by atoms with Gasteiger partial charge in [-0.3, -0.25) is 9.67 Å². The van der Waals surface area contributed by atoms with E-state index in [0.29, 0.717) is 6.04 Å². The van der Waals surface area contributed by atoms with Crippen LogP contribution < -0.4 is 5.32 Å². The van der Waals surface area contributed by atoms with Crippen molar-refractivity contribution < 1.29 is 0 Å². The summed E-state index contributed by atoms with van der Waals surface area (Å²) >= 11 is 0. The second kappa shape index (κ2) is 6.18. The van der Waals surface area contributed by atoms with E-state index in [-0.39, 0.29) is 0 Å². The van der Waals surface area contributed by atoms with Gasteiger partial charge in [-0.25, -0.2) is 0 Å². The van der Waals surface area contributed by atoms with Gasteiger partial charge in [0.25, 0.3) is 0 Å². The summed E-state index contributed by atoms with van der Waals surface area (Å²) in [7, 11) is 0. The van der Waals surface area contributed by atoms with E-state index in [1.807, 2.05) is 12.4 Å². The van der Waals surface area contributed by atoms with Crippen LogP contribution in [0, 0.1) is 20.8 Å². The summed E-state index contributed by atoms with van der Waals surface area (Å²) < 4.78 is 2.07. The summed E-state index contributed by atoms with van der Waals surface area (Å²) in [5.74, 6) is 0. The van der Waals surface area contributed by atoms with Crippen LogP contribution in [0.3, 0.4) is 0 Å². The summed E-state index contributed by atoms with van der Waals surface area (Å²) in [4.78, 5) is 4.13. The topological polar surface area (TPSA) is 42.7 Å². The smallest absolute Gasteiger partial charge is 0.0644 e. The number of aromatic nitrogens is 3. The van der Waals surface area contributed by atoms with Crippen molar-refractivity contribution in [2.75, 3.05) is 0 Å². The van der Waals surface area contributed by atoms with E-state index in [0.717, 1.165) is 18.8 Å². The Labute approximate surface area is 121 Å². The fraction of sp³-hybridized carbons (Fsp3) is 0.500. The molecule has 2 aromatic heterocycles. The standard InChI is InChI=1S/C16H24N4/c1-6-20-14(5)16(13(4)19-20)12(3)18-10-15-7-8-17-9-11(15)2/h7-9,12,18H,6,10H2,1-5H3. The quantitative estimate of drug-likeness (QED) is 0.909. The first-order chi connectivity index (χ1) is 9.54. The Hall–Kier alpha value is -1.68. The molecule has 0 spiro atoms. The number of hydrogen-bond acceptors (Lipinski definition) is 3. The summed E-state index contributed by atoms with van der Waals surface area (Å²) in [6, 6.07) is 2.37. The van der Waals surface area contributed by atoms with Crippen molar-refractivity contribution in [3.05, 3.63) is 46.5 Å². The van der Waals surface area contributed by atoms with Gasteiger partial charge >= 0.3 is 0 Å². The lowest BCUT2D eigenvalue weighted by molar-refractivity contribution is 0.565. The van der Waals surface area contributed by atoms with Gasteiger partial charge in [0, 0.05) is 42.8 Å². The maximum Gasteiger partial charge on any atom is 0.0644 e. The molecule has 1 unspecified atom stereocenters. The summed E-state index contributed by atoms with van der Waals surface area (Å²) in [5, 5.41) is 8.18. The first kappa shape index (κ1) is 14.7. The van der Waals surface area contributed by atoms with E-state index in [1.54, 1.807) is 0 Å². The third-order valence-corrected chi connectivity index (χ3v) is 3.91. The highest BCUT2D eigenvalue weighted by Gasteiger charge is 2.16. The molecule has 0 saturated carbocycles. The summed E-state index contributed by atoms with van der Waals surface area (Å²) in [5.41, 5.74) is 6.22. The molecule has 0 bridgehead atoms. The molecule has 0 aliphatic rings. The lowest BCUT2D eigenvalue weighted by Crippen LogP contribution is -2.20. The first-order valence-electron chi connectivity index (χ1n) is 7.21. The van der Waals surface area contributed by atoms with Crippen LogP contribution in [0.15, 0.2) is 18.5 Å². The Morgan fingerprint density at radius 2 is 2.05 bits per heavy atom. The van der Waals surface area contributed by atoms with E-state index >= 15 is 0 Å². The van der Waals surface area contributed by atoms with Crippen LogP contribution in [0.2, 0.25) is 0 Å². The van der Waals surface area contributed by atoms with Gasteiger partial charge in [-0.15, -0.1) is 0 Å². The van der Waals surface area contributed by atoms with Gasteiger partial charge < -0.3 is 5.32 Å². The minimum absolute atomic E-state index is 0.294. The van der Waals surface area contributed by atoms with Gasteiger partial charge in [-0.1, -0.05) is 0 Å². The maximum atomic E-state index is 4.59. The predicted octanol–water partition coefficient (Wildman–Crippen LogP) is 3.07. The fourth-order valence-corrected chi connectivity index (χ4v) is 2.71. The van der Waals surface area contributed by atoms with Crippen molar-refractivity contribution >= 4 is 0 Å². The third kappa shape index (κ3) is 2.90. The van der Waals surface area contributed by atoms with Gasteiger partial charge in [0.1, 0.15) is 0 Å². The molecule has 20 heavy (non-hydrogen) atoms. The molecule has 2 aromatic rings. The molecule has 0 aromatic carbocycles. The molecule has 0 saturated heterocycles. The SMILES string of the molecule is CCn1nc(C)c(C(C)NCc2ccncc2C)c1C. The number of hydrogen-bond donors (Lipinski definition) is 1. The molecule has 0 fully saturated rings. The number of rotatable bonds is 5. The van der Waals surface area contributed by atoms with Crippen LogP contribution in [-0.2, 0) is 13.1 Å². The molecule has 1 N–H and O–H groups in total. The minimum Gasteiger partial charge on any atom is -0.306 e. The summed E-state index contributed by atoms with van der Waals surface area (Å²) in [6.07, 6.45) is 3.76. The van der Waals surface area contributed by atoms with Gasteiger partial charge in [0.2, 0.25) is 0 Å². The van der Waals surface area contributed by atoms with Gasteiger partial charge in [-0.05, 0) is 51.8 Å². The zero-order valence-electron chi connectivity index (χ0n) is 13.1. The third-order valence-electron chi connectivity index (χ3n) is 3.91. The van der Waals surface area contributed by atoms with Crippen molar-refractivity contribution in [1.29, 1.82) is 0 Å². The van der Waals surface area contributed by atoms with Crippen LogP contribution in [0.4, 0.5) is 0 Å². The molecule has 0 radical (unpaired) electrons. The zero-order chi connectivity index (χ0) is 14.7. The first-order valence-corrected chi connectivity index (χ1v) is 7.21. The Morgan fingerprint density at radius 1 is 1.30 bits per heavy atom. The van der Waals surface area contributed by atoms with Crippen LogP contribution in [0.1, 0.15) is 48.0 Å². The molecule has 108 valence electrons. The number of aryl methyl sites for hydroxylation is 3. The van der Waals surface area contributed by atoms with Crippen LogP contribution in [0.25, 0.3) is 0 Å². The fourth-order valence-electron chi connectivity index (χ4n) is 2.71. The highest BCUT2D eigenvalue weighted by Crippen LogP contribution is 2.21. The predicted molar refractivity (Wildman–Crippen MR) is 81.6 cm³/mol. The molecule has 4 heteroatoms. The Kier molecular flexibility index (Phi) is 4.55. The average molecular weight is 272 g/mol. The van der Waals surface area contributed by atoms with Crippen LogP contribution >= 0.6 is 0 Å². The van der Waals surface area contributed by atoms with Crippen molar-refractivity contribution in [3.63, 3.8) is 0 Å². The maximum absolute atomic E-state index is 4.59. The highest BCUT2D eigenvalue weighted by atomic mass is 15.3. The van der Waals surface area contributed by atoms with E-state index in [2.05, 4.69) is 60.8 Å². The Balaban J connectivity index is 2.11. The molecule has 2 heterocycles. The van der Waals surface area contributed by atoms with E-state index in [4.69, 9.17) is 0 Å². The molecule has 0 aliphatic carbocycles. The normalized spacial score (nSPS) is 12.7. The highest BCUT2D eigenvalue weighted by molar-refractivity contribution is 5.28. The molecule has 0 amide bonds. The molecule has 2 rings (SSSR count). The molecule has 0 aliphatic heterocycles. The number of nitrogens with one attached hydrogen (secondary N) is 1. The lowest BCUT2D eigenvalue weighted by Gasteiger charge is -2.16. The van der Waals surface area contributed by atoms with Crippen molar-refractivity contribution in [3.8, 4) is 0 Å². The van der Waals surface area contributed by atoms with Gasteiger partial charge in [-0.2, -0.15) is 5.10 Å². The number of nitrogens with zero attached hydrogens (tertiary/aromatic N) is 3. The largest absolute Gasteiger partial charge is 0.306 e. The van der Waals surface area contributed by atoms with E-state index < -0.39 is 0 Å². The monoisotopic (exact) mass is 272 g/mol. The summed E-state index contributed by atoms with van der Waals surface area (Å²) in [6.45, 7) is 12.4. The van der Waals surface area contributed by atoms with Crippen molar-refractivity contribution in [2.24, 2.45) is 0 Å². The van der Waals surface area contributed by atoms with E-state index in [1.165, 1.54) is 22.4 Å². The zero-order valence-corrected chi connectivity index (χ0v) is 13.1. The molecule has 1 atom stereocenters. The van der Waals surface area contributed by atoms with Crippen LogP contribution in [0.5, 0.6) is 0 Å². The van der Waals surface area contributed by atoms with Crippen molar-refractivity contribution in [2.45, 2.75) is 53.8 Å².